The van der Waals surface area contributed by atoms with E-state index in [1.165, 1.54) is 12.1 Å². The highest BCUT2D eigenvalue weighted by atomic mass is 127. The SMILES string of the molecule is C=C(C(=O)c1ccc(I)cc1)c1cccc(F)c1. The molecule has 0 saturated carbocycles. The molecule has 0 fully saturated rings. The van der Waals surface area contributed by atoms with Gasteiger partial charge in [0, 0.05) is 14.7 Å². The van der Waals surface area contributed by atoms with Crippen LogP contribution in [0.4, 0.5) is 4.39 Å². The molecule has 0 atom stereocenters. The first-order valence-electron chi connectivity index (χ1n) is 5.33. The third-order valence-electron chi connectivity index (χ3n) is 2.55. The number of carbonyl (C=O) groups excluding carboxylic acids is 1. The number of allylic oxidation sites excluding steroid dienone is 1. The molecule has 0 heterocycles. The van der Waals surface area contributed by atoms with Crippen LogP contribution in [0.15, 0.2) is 55.1 Å². The van der Waals surface area contributed by atoms with Crippen LogP contribution in [0.25, 0.3) is 5.57 Å². The second-order valence-corrected chi connectivity index (χ2v) is 5.07. The zero-order valence-corrected chi connectivity index (χ0v) is 11.6. The molecule has 0 radical (unpaired) electrons. The van der Waals surface area contributed by atoms with Crippen molar-refractivity contribution in [3.05, 3.63) is 75.6 Å². The normalized spacial score (nSPS) is 10.1. The molecule has 90 valence electrons. The van der Waals surface area contributed by atoms with Crippen molar-refractivity contribution in [3.8, 4) is 0 Å². The van der Waals surface area contributed by atoms with Gasteiger partial charge in [-0.25, -0.2) is 4.39 Å². The number of Topliss-reactive ketones (excluding diaryl/α,β-unsaturated/α-hetero) is 1. The Morgan fingerprint density at radius 1 is 1.06 bits per heavy atom. The second-order valence-electron chi connectivity index (χ2n) is 3.82. The Morgan fingerprint density at radius 3 is 2.33 bits per heavy atom. The van der Waals surface area contributed by atoms with Gasteiger partial charge in [-0.1, -0.05) is 18.7 Å². The molecule has 0 unspecified atom stereocenters. The van der Waals surface area contributed by atoms with Gasteiger partial charge in [0.1, 0.15) is 5.82 Å². The van der Waals surface area contributed by atoms with Gasteiger partial charge in [0.15, 0.2) is 5.78 Å². The lowest BCUT2D eigenvalue weighted by Gasteiger charge is -2.05. The van der Waals surface area contributed by atoms with Gasteiger partial charge in [0.25, 0.3) is 0 Å². The molecule has 2 aromatic rings. The fourth-order valence-electron chi connectivity index (χ4n) is 1.58. The molecule has 0 bridgehead atoms. The summed E-state index contributed by atoms with van der Waals surface area (Å²) < 4.78 is 14.1. The fourth-order valence-corrected chi connectivity index (χ4v) is 1.94. The average Bonchev–Trinajstić information content (AvgIpc) is 2.38. The Hall–Kier alpha value is -1.49. The van der Waals surface area contributed by atoms with Gasteiger partial charge in [-0.2, -0.15) is 0 Å². The van der Waals surface area contributed by atoms with Crippen LogP contribution in [-0.4, -0.2) is 5.78 Å². The van der Waals surface area contributed by atoms with Gasteiger partial charge in [-0.15, -0.1) is 0 Å². The lowest BCUT2D eigenvalue weighted by molar-refractivity contribution is 0.105. The van der Waals surface area contributed by atoms with E-state index in [-0.39, 0.29) is 11.6 Å². The van der Waals surface area contributed by atoms with Gasteiger partial charge in [-0.05, 0) is 64.6 Å². The van der Waals surface area contributed by atoms with Crippen molar-refractivity contribution in [2.24, 2.45) is 0 Å². The lowest BCUT2D eigenvalue weighted by Crippen LogP contribution is -2.01. The summed E-state index contributed by atoms with van der Waals surface area (Å²) in [6.07, 6.45) is 0. The molecule has 2 rings (SSSR count). The number of hydrogen-bond donors (Lipinski definition) is 0. The first kappa shape index (κ1) is 13.0. The predicted molar refractivity (Wildman–Crippen MR) is 78.9 cm³/mol. The third-order valence-corrected chi connectivity index (χ3v) is 3.27. The summed E-state index contributed by atoms with van der Waals surface area (Å²) in [7, 11) is 0. The summed E-state index contributed by atoms with van der Waals surface area (Å²) in [6, 6.07) is 13.1. The van der Waals surface area contributed by atoms with E-state index in [0.29, 0.717) is 16.7 Å². The molecule has 0 aromatic heterocycles. The van der Waals surface area contributed by atoms with Crippen LogP contribution in [0.1, 0.15) is 15.9 Å². The van der Waals surface area contributed by atoms with E-state index in [4.69, 9.17) is 0 Å². The molecule has 0 spiro atoms. The average molecular weight is 352 g/mol. The lowest BCUT2D eigenvalue weighted by atomic mass is 9.98. The number of halogens is 2. The molecular formula is C15H10FIO. The molecule has 0 aliphatic carbocycles. The van der Waals surface area contributed by atoms with Gasteiger partial charge in [0.2, 0.25) is 0 Å². The maximum absolute atomic E-state index is 13.1. The molecule has 18 heavy (non-hydrogen) atoms. The van der Waals surface area contributed by atoms with Crippen molar-refractivity contribution in [2.45, 2.75) is 0 Å². The Morgan fingerprint density at radius 2 is 1.72 bits per heavy atom. The van der Waals surface area contributed by atoms with E-state index in [0.717, 1.165) is 3.57 Å². The van der Waals surface area contributed by atoms with E-state index in [1.807, 2.05) is 12.1 Å². The van der Waals surface area contributed by atoms with E-state index in [9.17, 15) is 9.18 Å². The Labute approximate surface area is 118 Å². The summed E-state index contributed by atoms with van der Waals surface area (Å²) in [5.41, 5.74) is 1.37. The second kappa shape index (κ2) is 5.44. The molecule has 0 saturated heterocycles. The maximum Gasteiger partial charge on any atom is 0.193 e. The fraction of sp³-hybridized carbons (Fsp3) is 0. The Bertz CT molecular complexity index is 602. The highest BCUT2D eigenvalue weighted by Crippen LogP contribution is 2.19. The van der Waals surface area contributed by atoms with E-state index >= 15 is 0 Å². The van der Waals surface area contributed by atoms with Crippen molar-refractivity contribution in [3.63, 3.8) is 0 Å². The molecule has 0 aliphatic rings. The van der Waals surface area contributed by atoms with Crippen molar-refractivity contribution in [1.29, 1.82) is 0 Å². The highest BCUT2D eigenvalue weighted by molar-refractivity contribution is 14.1. The highest BCUT2D eigenvalue weighted by Gasteiger charge is 2.12. The summed E-state index contributed by atoms with van der Waals surface area (Å²) in [4.78, 5) is 12.1. The van der Waals surface area contributed by atoms with Crippen LogP contribution in [-0.2, 0) is 0 Å². The molecule has 2 aromatic carbocycles. The van der Waals surface area contributed by atoms with Gasteiger partial charge in [0.05, 0.1) is 0 Å². The molecule has 1 nitrogen and oxygen atoms in total. The minimum atomic E-state index is -0.371. The maximum atomic E-state index is 13.1. The van der Waals surface area contributed by atoms with Crippen molar-refractivity contribution in [1.82, 2.24) is 0 Å². The van der Waals surface area contributed by atoms with Crippen LogP contribution in [0.5, 0.6) is 0 Å². The van der Waals surface area contributed by atoms with Crippen LogP contribution >= 0.6 is 22.6 Å². The number of carbonyl (C=O) groups is 1. The Kier molecular flexibility index (Phi) is 3.91. The first-order valence-corrected chi connectivity index (χ1v) is 6.41. The van der Waals surface area contributed by atoms with E-state index in [2.05, 4.69) is 29.2 Å². The van der Waals surface area contributed by atoms with Gasteiger partial charge < -0.3 is 0 Å². The van der Waals surface area contributed by atoms with Crippen LogP contribution < -0.4 is 0 Å². The summed E-state index contributed by atoms with van der Waals surface area (Å²) in [5, 5.41) is 0. The van der Waals surface area contributed by atoms with Crippen molar-refractivity contribution >= 4 is 33.9 Å². The minimum Gasteiger partial charge on any atom is -0.289 e. The van der Waals surface area contributed by atoms with Crippen LogP contribution in [0.2, 0.25) is 0 Å². The molecule has 0 N–H and O–H groups in total. The quantitative estimate of drug-likeness (QED) is 0.457. The number of benzene rings is 2. The predicted octanol–water partition coefficient (Wildman–Crippen LogP) is 4.33. The monoisotopic (exact) mass is 352 g/mol. The van der Waals surface area contributed by atoms with Crippen molar-refractivity contribution in [2.75, 3.05) is 0 Å². The van der Waals surface area contributed by atoms with Crippen LogP contribution in [0.3, 0.4) is 0 Å². The summed E-state index contributed by atoms with van der Waals surface area (Å²) >= 11 is 2.17. The summed E-state index contributed by atoms with van der Waals surface area (Å²) in [5.74, 6) is -0.555. The minimum absolute atomic E-state index is 0.183. The molecular weight excluding hydrogens is 342 g/mol. The largest absolute Gasteiger partial charge is 0.289 e. The smallest absolute Gasteiger partial charge is 0.193 e. The zero-order valence-electron chi connectivity index (χ0n) is 9.49. The molecule has 3 heteroatoms. The van der Waals surface area contributed by atoms with Crippen LogP contribution in [0, 0.1) is 9.39 Å². The molecule has 0 amide bonds. The first-order chi connectivity index (χ1) is 8.58. The standard InChI is InChI=1S/C15H10FIO/c1-10(12-3-2-4-13(16)9-12)15(18)11-5-7-14(17)8-6-11/h2-9H,1H2. The zero-order chi connectivity index (χ0) is 13.1. The number of rotatable bonds is 3. The number of hydrogen-bond acceptors (Lipinski definition) is 1. The topological polar surface area (TPSA) is 17.1 Å². The van der Waals surface area contributed by atoms with Gasteiger partial charge >= 0.3 is 0 Å². The number of ketones is 1. The third kappa shape index (κ3) is 2.85. The molecule has 0 aliphatic heterocycles. The Balaban J connectivity index is 2.29. The van der Waals surface area contributed by atoms with Crippen molar-refractivity contribution < 1.29 is 9.18 Å². The summed E-state index contributed by atoms with van der Waals surface area (Å²) in [6.45, 7) is 3.75. The van der Waals surface area contributed by atoms with Gasteiger partial charge in [-0.3, -0.25) is 4.79 Å². The van der Waals surface area contributed by atoms with E-state index < -0.39 is 0 Å². The van der Waals surface area contributed by atoms with E-state index in [1.54, 1.807) is 24.3 Å².